The highest BCUT2D eigenvalue weighted by molar-refractivity contribution is 6.16. The standard InChI is InChI=1S/C9H7ClN2O2/c10-4-6-5-12-3-1-2-7(9(13)14)8(12)11-6/h1-3,5H,4H2,(H,13,14). The minimum atomic E-state index is -0.984. The first kappa shape index (κ1) is 9.02. The molecule has 0 atom stereocenters. The average Bonchev–Trinajstić information content (AvgIpc) is 2.59. The van der Waals surface area contributed by atoms with Gasteiger partial charge in [0, 0.05) is 12.4 Å². The first-order valence-electron chi connectivity index (χ1n) is 3.98. The number of halogens is 1. The van der Waals surface area contributed by atoms with E-state index in [0.29, 0.717) is 11.3 Å². The third-order valence-electron chi connectivity index (χ3n) is 1.90. The van der Waals surface area contributed by atoms with Crippen molar-refractivity contribution >= 4 is 23.2 Å². The molecule has 0 spiro atoms. The van der Waals surface area contributed by atoms with Gasteiger partial charge in [-0.05, 0) is 12.1 Å². The van der Waals surface area contributed by atoms with Crippen LogP contribution in [0.3, 0.4) is 0 Å². The quantitative estimate of drug-likeness (QED) is 0.769. The monoisotopic (exact) mass is 210 g/mol. The third kappa shape index (κ3) is 1.33. The predicted molar refractivity (Wildman–Crippen MR) is 51.7 cm³/mol. The molecular weight excluding hydrogens is 204 g/mol. The number of rotatable bonds is 2. The summed E-state index contributed by atoms with van der Waals surface area (Å²) in [5.41, 5.74) is 1.28. The van der Waals surface area contributed by atoms with Crippen molar-refractivity contribution in [3.05, 3.63) is 35.8 Å². The van der Waals surface area contributed by atoms with Crippen molar-refractivity contribution in [2.75, 3.05) is 0 Å². The SMILES string of the molecule is O=C(O)c1cccn2cc(CCl)nc12. The molecule has 4 nitrogen and oxygen atoms in total. The summed E-state index contributed by atoms with van der Waals surface area (Å²) >= 11 is 5.61. The lowest BCUT2D eigenvalue weighted by molar-refractivity contribution is 0.0698. The van der Waals surface area contributed by atoms with Crippen LogP contribution in [0.5, 0.6) is 0 Å². The van der Waals surface area contributed by atoms with Gasteiger partial charge in [-0.15, -0.1) is 11.6 Å². The summed E-state index contributed by atoms with van der Waals surface area (Å²) in [7, 11) is 0. The van der Waals surface area contributed by atoms with Crippen molar-refractivity contribution in [3.63, 3.8) is 0 Å². The number of aromatic carboxylic acids is 1. The zero-order valence-corrected chi connectivity index (χ0v) is 7.90. The number of imidazole rings is 1. The van der Waals surface area contributed by atoms with Gasteiger partial charge in [-0.1, -0.05) is 0 Å². The first-order chi connectivity index (χ1) is 6.72. The zero-order valence-electron chi connectivity index (χ0n) is 7.14. The first-order valence-corrected chi connectivity index (χ1v) is 4.51. The maximum Gasteiger partial charge on any atom is 0.339 e. The lowest BCUT2D eigenvalue weighted by Crippen LogP contribution is -1.99. The van der Waals surface area contributed by atoms with Crippen LogP contribution in [0.15, 0.2) is 24.5 Å². The van der Waals surface area contributed by atoms with Crippen LogP contribution in [0.1, 0.15) is 16.1 Å². The Labute approximate surface area is 84.8 Å². The van der Waals surface area contributed by atoms with E-state index >= 15 is 0 Å². The number of carboxylic acid groups (broad SMARTS) is 1. The van der Waals surface area contributed by atoms with Crippen molar-refractivity contribution in [1.82, 2.24) is 9.38 Å². The minimum absolute atomic E-state index is 0.184. The Morgan fingerprint density at radius 3 is 3.07 bits per heavy atom. The number of carboxylic acids is 1. The van der Waals surface area contributed by atoms with Gasteiger partial charge in [0.25, 0.3) is 0 Å². The largest absolute Gasteiger partial charge is 0.478 e. The second-order valence-electron chi connectivity index (χ2n) is 2.82. The summed E-state index contributed by atoms with van der Waals surface area (Å²) in [6, 6.07) is 3.18. The smallest absolute Gasteiger partial charge is 0.339 e. The molecule has 0 aliphatic rings. The Morgan fingerprint density at radius 2 is 2.43 bits per heavy atom. The topological polar surface area (TPSA) is 54.6 Å². The van der Waals surface area contributed by atoms with E-state index in [-0.39, 0.29) is 11.4 Å². The van der Waals surface area contributed by atoms with Gasteiger partial charge in [0.1, 0.15) is 5.56 Å². The van der Waals surface area contributed by atoms with Crippen LogP contribution in [0.2, 0.25) is 0 Å². The molecule has 0 aromatic carbocycles. The molecule has 72 valence electrons. The average molecular weight is 211 g/mol. The van der Waals surface area contributed by atoms with Crippen LogP contribution in [0, 0.1) is 0 Å². The molecule has 5 heteroatoms. The highest BCUT2D eigenvalue weighted by Crippen LogP contribution is 2.12. The van der Waals surface area contributed by atoms with Gasteiger partial charge < -0.3 is 9.51 Å². The van der Waals surface area contributed by atoms with Crippen LogP contribution in [-0.4, -0.2) is 20.5 Å². The summed E-state index contributed by atoms with van der Waals surface area (Å²) in [5.74, 6) is -0.705. The van der Waals surface area contributed by atoms with Crippen molar-refractivity contribution in [2.24, 2.45) is 0 Å². The molecular formula is C9H7ClN2O2. The molecule has 2 aromatic rings. The Morgan fingerprint density at radius 1 is 1.64 bits per heavy atom. The van der Waals surface area contributed by atoms with Crippen LogP contribution in [0.4, 0.5) is 0 Å². The molecule has 2 rings (SSSR count). The van der Waals surface area contributed by atoms with Crippen LogP contribution in [-0.2, 0) is 5.88 Å². The van der Waals surface area contributed by atoms with E-state index in [1.807, 2.05) is 0 Å². The van der Waals surface area contributed by atoms with E-state index < -0.39 is 5.97 Å². The molecule has 0 amide bonds. The van der Waals surface area contributed by atoms with E-state index in [1.54, 1.807) is 22.9 Å². The van der Waals surface area contributed by atoms with Crippen LogP contribution < -0.4 is 0 Å². The van der Waals surface area contributed by atoms with Gasteiger partial charge in [-0.2, -0.15) is 0 Å². The van der Waals surface area contributed by atoms with Gasteiger partial charge in [-0.3, -0.25) is 0 Å². The van der Waals surface area contributed by atoms with Gasteiger partial charge >= 0.3 is 5.97 Å². The fourth-order valence-corrected chi connectivity index (χ4v) is 1.42. The molecule has 2 heterocycles. The van der Waals surface area contributed by atoms with Crippen molar-refractivity contribution in [1.29, 1.82) is 0 Å². The molecule has 2 aromatic heterocycles. The third-order valence-corrected chi connectivity index (χ3v) is 2.17. The Bertz CT molecular complexity index is 493. The lowest BCUT2D eigenvalue weighted by atomic mass is 10.3. The van der Waals surface area contributed by atoms with Gasteiger partial charge in [0.15, 0.2) is 5.65 Å². The number of hydrogen-bond donors (Lipinski definition) is 1. The number of nitrogens with zero attached hydrogens (tertiary/aromatic N) is 2. The molecule has 0 fully saturated rings. The van der Waals surface area contributed by atoms with E-state index in [9.17, 15) is 4.79 Å². The van der Waals surface area contributed by atoms with Crippen LogP contribution >= 0.6 is 11.6 Å². The summed E-state index contributed by atoms with van der Waals surface area (Å²) in [6.07, 6.45) is 3.46. The molecule has 0 unspecified atom stereocenters. The fraction of sp³-hybridized carbons (Fsp3) is 0.111. The van der Waals surface area contributed by atoms with E-state index in [2.05, 4.69) is 4.98 Å². The Hall–Kier alpha value is -1.55. The molecule has 0 radical (unpaired) electrons. The van der Waals surface area contributed by atoms with Gasteiger partial charge in [0.05, 0.1) is 11.6 Å². The highest BCUT2D eigenvalue weighted by Gasteiger charge is 2.10. The predicted octanol–water partition coefficient (Wildman–Crippen LogP) is 1.77. The van der Waals surface area contributed by atoms with E-state index in [1.165, 1.54) is 6.07 Å². The number of alkyl halides is 1. The van der Waals surface area contributed by atoms with E-state index in [4.69, 9.17) is 16.7 Å². The molecule has 14 heavy (non-hydrogen) atoms. The zero-order chi connectivity index (χ0) is 10.1. The fourth-order valence-electron chi connectivity index (χ4n) is 1.30. The summed E-state index contributed by atoms with van der Waals surface area (Å²) in [6.45, 7) is 0. The van der Waals surface area contributed by atoms with Gasteiger partial charge in [0.2, 0.25) is 0 Å². The van der Waals surface area contributed by atoms with Gasteiger partial charge in [-0.25, -0.2) is 9.78 Å². The number of carbonyl (C=O) groups is 1. The maximum atomic E-state index is 10.8. The summed E-state index contributed by atoms with van der Waals surface area (Å²) in [4.78, 5) is 14.9. The normalized spacial score (nSPS) is 10.6. The van der Waals surface area contributed by atoms with Crippen molar-refractivity contribution < 1.29 is 9.90 Å². The number of aromatic nitrogens is 2. The number of fused-ring (bicyclic) bond motifs is 1. The highest BCUT2D eigenvalue weighted by atomic mass is 35.5. The molecule has 0 aliphatic heterocycles. The Kier molecular flexibility index (Phi) is 2.13. The maximum absolute atomic E-state index is 10.8. The molecule has 0 aliphatic carbocycles. The van der Waals surface area contributed by atoms with Crippen LogP contribution in [0.25, 0.3) is 5.65 Å². The summed E-state index contributed by atoms with van der Waals surface area (Å²) in [5, 5.41) is 8.88. The second-order valence-corrected chi connectivity index (χ2v) is 3.09. The molecule has 0 bridgehead atoms. The molecule has 0 saturated carbocycles. The minimum Gasteiger partial charge on any atom is -0.478 e. The molecule has 1 N–H and O–H groups in total. The number of pyridine rings is 1. The molecule has 0 saturated heterocycles. The number of hydrogen-bond acceptors (Lipinski definition) is 2. The summed E-state index contributed by atoms with van der Waals surface area (Å²) < 4.78 is 1.65. The van der Waals surface area contributed by atoms with Crippen molar-refractivity contribution in [3.8, 4) is 0 Å². The Balaban J connectivity index is 2.73. The second kappa shape index (κ2) is 3.31. The lowest BCUT2D eigenvalue weighted by Gasteiger charge is -1.96. The van der Waals surface area contributed by atoms with Crippen molar-refractivity contribution in [2.45, 2.75) is 5.88 Å². The van der Waals surface area contributed by atoms with E-state index in [0.717, 1.165) is 0 Å².